The van der Waals surface area contributed by atoms with Crippen molar-refractivity contribution in [1.82, 2.24) is 10.2 Å². The van der Waals surface area contributed by atoms with Gasteiger partial charge in [-0.05, 0) is 30.4 Å². The van der Waals surface area contributed by atoms with Crippen LogP contribution in [-0.2, 0) is 4.79 Å². The molecular formula is C19H20N2O3. The maximum absolute atomic E-state index is 12.7. The zero-order valence-electron chi connectivity index (χ0n) is 13.7. The summed E-state index contributed by atoms with van der Waals surface area (Å²) in [7, 11) is 0. The maximum Gasteiger partial charge on any atom is 0.261 e. The quantitative estimate of drug-likeness (QED) is 0.831. The summed E-state index contributed by atoms with van der Waals surface area (Å²) >= 11 is 0. The Labute approximate surface area is 140 Å². The molecule has 2 aromatic carbocycles. The summed E-state index contributed by atoms with van der Waals surface area (Å²) in [5.74, 6) is -0.604. The van der Waals surface area contributed by atoms with E-state index in [9.17, 15) is 14.4 Å². The Balaban J connectivity index is 1.77. The lowest BCUT2D eigenvalue weighted by molar-refractivity contribution is -0.121. The fourth-order valence-electron chi connectivity index (χ4n) is 3.03. The lowest BCUT2D eigenvalue weighted by Gasteiger charge is -2.27. The second-order valence-corrected chi connectivity index (χ2v) is 5.92. The number of benzene rings is 2. The van der Waals surface area contributed by atoms with Crippen molar-refractivity contribution in [2.75, 3.05) is 13.1 Å². The normalized spacial score (nSPS) is 13.5. The molecule has 0 aliphatic carbocycles. The SMILES string of the molecule is CCCNC(=O)CCCN1C(=O)c2cccc3cccc(c23)C1=O. The molecule has 1 aliphatic heterocycles. The summed E-state index contributed by atoms with van der Waals surface area (Å²) < 4.78 is 0. The van der Waals surface area contributed by atoms with E-state index in [-0.39, 0.29) is 24.3 Å². The highest BCUT2D eigenvalue weighted by atomic mass is 16.2. The second-order valence-electron chi connectivity index (χ2n) is 5.92. The van der Waals surface area contributed by atoms with Gasteiger partial charge in [0.05, 0.1) is 0 Å². The number of nitrogens with zero attached hydrogens (tertiary/aromatic N) is 1. The summed E-state index contributed by atoms with van der Waals surface area (Å²) in [6.45, 7) is 2.89. The topological polar surface area (TPSA) is 66.5 Å². The number of carbonyl (C=O) groups excluding carboxylic acids is 3. The minimum absolute atomic E-state index is 0.0451. The molecule has 0 aromatic heterocycles. The van der Waals surface area contributed by atoms with E-state index in [0.29, 0.717) is 30.5 Å². The summed E-state index contributed by atoms with van der Waals surface area (Å²) in [4.78, 5) is 38.2. The van der Waals surface area contributed by atoms with E-state index in [1.807, 2.05) is 31.2 Å². The van der Waals surface area contributed by atoms with Gasteiger partial charge in [0.25, 0.3) is 11.8 Å². The highest BCUT2D eigenvalue weighted by Gasteiger charge is 2.32. The van der Waals surface area contributed by atoms with Crippen LogP contribution in [0.25, 0.3) is 10.8 Å². The first-order valence-electron chi connectivity index (χ1n) is 8.28. The van der Waals surface area contributed by atoms with Crippen LogP contribution >= 0.6 is 0 Å². The van der Waals surface area contributed by atoms with E-state index in [4.69, 9.17) is 0 Å². The van der Waals surface area contributed by atoms with Crippen LogP contribution in [0, 0.1) is 0 Å². The molecule has 0 saturated carbocycles. The molecule has 1 heterocycles. The largest absolute Gasteiger partial charge is 0.356 e. The summed E-state index contributed by atoms with van der Waals surface area (Å²) in [6.07, 6.45) is 1.66. The van der Waals surface area contributed by atoms with Gasteiger partial charge in [0.15, 0.2) is 0 Å². The van der Waals surface area contributed by atoms with Gasteiger partial charge in [-0.15, -0.1) is 0 Å². The highest BCUT2D eigenvalue weighted by Crippen LogP contribution is 2.29. The molecule has 0 unspecified atom stereocenters. The number of rotatable bonds is 6. The molecule has 1 N–H and O–H groups in total. The fourth-order valence-corrected chi connectivity index (χ4v) is 3.03. The van der Waals surface area contributed by atoms with E-state index in [1.54, 1.807) is 12.1 Å². The van der Waals surface area contributed by atoms with Gasteiger partial charge >= 0.3 is 0 Å². The minimum atomic E-state index is -0.279. The first-order valence-corrected chi connectivity index (χ1v) is 8.28. The number of hydrogen-bond acceptors (Lipinski definition) is 3. The van der Waals surface area contributed by atoms with Crippen LogP contribution in [0.2, 0.25) is 0 Å². The summed E-state index contributed by atoms with van der Waals surface area (Å²) in [5.41, 5.74) is 1.11. The van der Waals surface area contributed by atoms with E-state index >= 15 is 0 Å². The van der Waals surface area contributed by atoms with Crippen LogP contribution in [0.5, 0.6) is 0 Å². The second kappa shape index (κ2) is 6.83. The predicted octanol–water partition coefficient (Wildman–Crippen LogP) is 2.74. The Bertz CT molecular complexity index is 763. The number of hydrogen-bond donors (Lipinski definition) is 1. The van der Waals surface area contributed by atoms with E-state index in [2.05, 4.69) is 5.32 Å². The molecule has 0 bridgehead atoms. The van der Waals surface area contributed by atoms with Gasteiger partial charge in [-0.25, -0.2) is 0 Å². The third kappa shape index (κ3) is 2.89. The third-order valence-electron chi connectivity index (χ3n) is 4.21. The van der Waals surface area contributed by atoms with Crippen molar-refractivity contribution in [3.63, 3.8) is 0 Å². The van der Waals surface area contributed by atoms with Crippen LogP contribution in [0.3, 0.4) is 0 Å². The average Bonchev–Trinajstić information content (AvgIpc) is 2.60. The Hall–Kier alpha value is -2.69. The molecule has 3 amide bonds. The van der Waals surface area contributed by atoms with Crippen molar-refractivity contribution < 1.29 is 14.4 Å². The van der Waals surface area contributed by atoms with Crippen LogP contribution in [0.15, 0.2) is 36.4 Å². The van der Waals surface area contributed by atoms with Crippen molar-refractivity contribution in [1.29, 1.82) is 0 Å². The summed E-state index contributed by atoms with van der Waals surface area (Å²) in [6, 6.07) is 11.0. The molecule has 2 aromatic rings. The van der Waals surface area contributed by atoms with Crippen molar-refractivity contribution in [3.8, 4) is 0 Å². The zero-order chi connectivity index (χ0) is 17.1. The Morgan fingerprint density at radius 1 is 1.04 bits per heavy atom. The van der Waals surface area contributed by atoms with Crippen LogP contribution < -0.4 is 5.32 Å². The molecule has 0 fully saturated rings. The first-order chi connectivity index (χ1) is 11.6. The molecular weight excluding hydrogens is 304 g/mol. The molecule has 5 nitrogen and oxygen atoms in total. The summed E-state index contributed by atoms with van der Waals surface area (Å²) in [5, 5.41) is 4.42. The van der Waals surface area contributed by atoms with Crippen LogP contribution in [0.1, 0.15) is 46.9 Å². The van der Waals surface area contributed by atoms with Crippen molar-refractivity contribution in [3.05, 3.63) is 47.5 Å². The number of imide groups is 1. The predicted molar refractivity (Wildman–Crippen MR) is 91.8 cm³/mol. The Kier molecular flexibility index (Phi) is 4.60. The molecule has 0 saturated heterocycles. The molecule has 5 heteroatoms. The molecule has 1 aliphatic rings. The van der Waals surface area contributed by atoms with Gasteiger partial charge in [-0.2, -0.15) is 0 Å². The van der Waals surface area contributed by atoms with Gasteiger partial charge < -0.3 is 5.32 Å². The maximum atomic E-state index is 12.7. The molecule has 24 heavy (non-hydrogen) atoms. The smallest absolute Gasteiger partial charge is 0.261 e. The van der Waals surface area contributed by atoms with Gasteiger partial charge in [0.2, 0.25) is 5.91 Å². The Morgan fingerprint density at radius 2 is 1.67 bits per heavy atom. The number of amides is 3. The van der Waals surface area contributed by atoms with Crippen molar-refractivity contribution >= 4 is 28.5 Å². The number of nitrogens with one attached hydrogen (secondary N) is 1. The molecule has 0 atom stereocenters. The average molecular weight is 324 g/mol. The van der Waals surface area contributed by atoms with Gasteiger partial charge in [-0.1, -0.05) is 31.2 Å². The van der Waals surface area contributed by atoms with Gasteiger partial charge in [0, 0.05) is 36.0 Å². The molecule has 124 valence electrons. The van der Waals surface area contributed by atoms with Crippen LogP contribution in [-0.4, -0.2) is 35.7 Å². The van der Waals surface area contributed by atoms with Crippen LogP contribution in [0.4, 0.5) is 0 Å². The molecule has 0 radical (unpaired) electrons. The molecule has 3 rings (SSSR count). The monoisotopic (exact) mass is 324 g/mol. The third-order valence-corrected chi connectivity index (χ3v) is 4.21. The van der Waals surface area contributed by atoms with Gasteiger partial charge in [-0.3, -0.25) is 19.3 Å². The van der Waals surface area contributed by atoms with Crippen molar-refractivity contribution in [2.45, 2.75) is 26.2 Å². The van der Waals surface area contributed by atoms with E-state index in [0.717, 1.165) is 17.2 Å². The van der Waals surface area contributed by atoms with E-state index in [1.165, 1.54) is 4.90 Å². The van der Waals surface area contributed by atoms with Crippen molar-refractivity contribution in [2.24, 2.45) is 0 Å². The molecule has 0 spiro atoms. The van der Waals surface area contributed by atoms with Gasteiger partial charge in [0.1, 0.15) is 0 Å². The minimum Gasteiger partial charge on any atom is -0.356 e. The standard InChI is InChI=1S/C19H20N2O3/c1-2-11-20-16(22)10-5-12-21-18(23)14-8-3-6-13-7-4-9-15(17(13)14)19(21)24/h3-4,6-9H,2,5,10-12H2,1H3,(H,20,22). The lowest BCUT2D eigenvalue weighted by atomic mass is 9.94. The highest BCUT2D eigenvalue weighted by molar-refractivity contribution is 6.25. The number of carbonyl (C=O) groups is 3. The zero-order valence-corrected chi connectivity index (χ0v) is 13.7. The fraction of sp³-hybridized carbons (Fsp3) is 0.316. The lowest BCUT2D eigenvalue weighted by Crippen LogP contribution is -2.41. The Morgan fingerprint density at radius 3 is 2.25 bits per heavy atom. The first kappa shape index (κ1) is 16.2. The van der Waals surface area contributed by atoms with E-state index < -0.39 is 0 Å².